The summed E-state index contributed by atoms with van der Waals surface area (Å²) in [5.41, 5.74) is -0.156. The normalized spacial score (nSPS) is 13.5. The highest BCUT2D eigenvalue weighted by Gasteiger charge is 2.27. The summed E-state index contributed by atoms with van der Waals surface area (Å²) in [5, 5.41) is 24.2. The maximum atomic E-state index is 13.0. The molecule has 1 aromatic carbocycles. The van der Waals surface area contributed by atoms with Crippen molar-refractivity contribution in [2.24, 2.45) is 5.92 Å². The number of ether oxygens (including phenoxy) is 2. The van der Waals surface area contributed by atoms with E-state index in [0.717, 1.165) is 57.4 Å². The molecule has 0 aliphatic rings. The third kappa shape index (κ3) is 18.5. The summed E-state index contributed by atoms with van der Waals surface area (Å²) in [7, 11) is 1.36. The Labute approximate surface area is 268 Å². The number of nitrogens with one attached hydrogen (secondary N) is 2. The molecular formula is C36H52N2O7. The van der Waals surface area contributed by atoms with Gasteiger partial charge in [-0.05, 0) is 81.9 Å². The van der Waals surface area contributed by atoms with E-state index in [2.05, 4.69) is 78.3 Å². The Morgan fingerprint density at radius 2 is 1.42 bits per heavy atom. The monoisotopic (exact) mass is 624 g/mol. The van der Waals surface area contributed by atoms with Crippen LogP contribution in [-0.4, -0.2) is 54.0 Å². The number of unbranched alkanes of at least 4 members (excludes halogenated alkanes) is 2. The number of hydrogen-bond donors (Lipinski definition) is 4. The minimum Gasteiger partial charge on any atom is -0.507 e. The summed E-state index contributed by atoms with van der Waals surface area (Å²) in [6.07, 6.45) is 28.2. The highest BCUT2D eigenvalue weighted by Crippen LogP contribution is 2.22. The van der Waals surface area contributed by atoms with Gasteiger partial charge in [0.25, 0.3) is 5.91 Å². The van der Waals surface area contributed by atoms with Crippen LogP contribution in [0.1, 0.15) is 88.9 Å². The van der Waals surface area contributed by atoms with Crippen LogP contribution in [0.25, 0.3) is 0 Å². The maximum absolute atomic E-state index is 13.0. The number of amides is 2. The quantitative estimate of drug-likeness (QED) is 0.0429. The molecule has 0 saturated heterocycles. The number of carbonyl (C=O) groups is 3. The minimum atomic E-state index is -1.33. The number of benzene rings is 1. The molecule has 2 unspecified atom stereocenters. The van der Waals surface area contributed by atoms with Gasteiger partial charge in [-0.15, -0.1) is 0 Å². The second kappa shape index (κ2) is 24.4. The summed E-state index contributed by atoms with van der Waals surface area (Å²) < 4.78 is 10.9. The van der Waals surface area contributed by atoms with E-state index in [4.69, 9.17) is 9.47 Å². The number of carboxylic acid groups (broad SMARTS) is 1. The molecule has 0 spiro atoms. The number of aromatic hydroxyl groups is 1. The van der Waals surface area contributed by atoms with E-state index in [1.165, 1.54) is 19.2 Å². The third-order valence-corrected chi connectivity index (χ3v) is 6.45. The van der Waals surface area contributed by atoms with E-state index in [1.807, 2.05) is 13.8 Å². The molecule has 0 aliphatic carbocycles. The molecule has 0 aliphatic heterocycles. The summed E-state index contributed by atoms with van der Waals surface area (Å²) in [6.45, 7) is 6.29. The van der Waals surface area contributed by atoms with E-state index in [1.54, 1.807) is 0 Å². The summed E-state index contributed by atoms with van der Waals surface area (Å²) in [5.74, 6) is -2.76. The minimum absolute atomic E-state index is 0.0771. The fourth-order valence-electron chi connectivity index (χ4n) is 4.13. The first kappa shape index (κ1) is 39.1. The van der Waals surface area contributed by atoms with Crippen molar-refractivity contribution in [3.05, 3.63) is 84.5 Å². The molecule has 0 radical (unpaired) electrons. The molecular weight excluding hydrogens is 572 g/mol. The van der Waals surface area contributed by atoms with Gasteiger partial charge >= 0.3 is 5.97 Å². The average Bonchev–Trinajstić information content (AvgIpc) is 3.00. The highest BCUT2D eigenvalue weighted by atomic mass is 16.7. The number of allylic oxidation sites excluding steroid dienone is 10. The molecule has 2 amide bonds. The van der Waals surface area contributed by atoms with Gasteiger partial charge in [0.2, 0.25) is 12.2 Å². The van der Waals surface area contributed by atoms with Crippen molar-refractivity contribution in [2.45, 2.75) is 90.9 Å². The van der Waals surface area contributed by atoms with E-state index in [9.17, 15) is 24.6 Å². The van der Waals surface area contributed by atoms with E-state index in [0.29, 0.717) is 13.0 Å². The topological polar surface area (TPSA) is 134 Å². The Balaban J connectivity index is 2.37. The van der Waals surface area contributed by atoms with Gasteiger partial charge in [0.15, 0.2) is 0 Å². The van der Waals surface area contributed by atoms with Crippen LogP contribution in [0.2, 0.25) is 0 Å². The zero-order valence-electron chi connectivity index (χ0n) is 27.2. The Morgan fingerprint density at radius 1 is 0.844 bits per heavy atom. The standard InChI is InChI=1S/C36H52N2O7/c1-5-6-7-8-9-10-11-12-13-14-15-16-17-18-19-20-21-22-25-45-36(44-4)34(41)38-31(26-28(2)3)33(40)37-29-23-24-32(39)30(27-29)35(42)43/h6-7,9-10,12-13,15-16,18-19,23-24,27-28,31,36,39H,5,8,11,14,17,20-22,25-26H2,1-4H3,(H,37,40)(H,38,41)(H,42,43). The zero-order chi connectivity index (χ0) is 33.3. The zero-order valence-corrected chi connectivity index (χ0v) is 27.2. The number of aromatic carboxylic acids is 1. The molecule has 0 fully saturated rings. The molecule has 0 aromatic heterocycles. The van der Waals surface area contributed by atoms with Crippen LogP contribution in [0.15, 0.2) is 79.0 Å². The number of phenols is 1. The van der Waals surface area contributed by atoms with Crippen molar-refractivity contribution in [1.29, 1.82) is 0 Å². The molecule has 0 bridgehead atoms. The number of rotatable bonds is 23. The van der Waals surface area contributed by atoms with Crippen LogP contribution >= 0.6 is 0 Å². The van der Waals surface area contributed by atoms with Crippen LogP contribution in [0.4, 0.5) is 5.69 Å². The summed E-state index contributed by atoms with van der Waals surface area (Å²) in [6, 6.07) is 2.82. The predicted molar refractivity (Wildman–Crippen MR) is 180 cm³/mol. The van der Waals surface area contributed by atoms with Crippen LogP contribution in [-0.2, 0) is 19.1 Å². The lowest BCUT2D eigenvalue weighted by atomic mass is 10.0. The van der Waals surface area contributed by atoms with E-state index < -0.39 is 35.9 Å². The number of methoxy groups -OCH3 is 1. The molecule has 9 nitrogen and oxygen atoms in total. The average molecular weight is 625 g/mol. The van der Waals surface area contributed by atoms with E-state index >= 15 is 0 Å². The third-order valence-electron chi connectivity index (χ3n) is 6.45. The fourth-order valence-corrected chi connectivity index (χ4v) is 4.13. The van der Waals surface area contributed by atoms with Crippen LogP contribution in [0.5, 0.6) is 5.75 Å². The van der Waals surface area contributed by atoms with Gasteiger partial charge in [0.05, 0.1) is 6.61 Å². The Hall–Kier alpha value is -3.95. The molecule has 45 heavy (non-hydrogen) atoms. The number of anilines is 1. The van der Waals surface area contributed by atoms with Gasteiger partial charge in [-0.1, -0.05) is 81.5 Å². The number of carbonyl (C=O) groups excluding carboxylic acids is 2. The van der Waals surface area contributed by atoms with E-state index in [-0.39, 0.29) is 17.2 Å². The number of hydrogen-bond acceptors (Lipinski definition) is 6. The van der Waals surface area contributed by atoms with Crippen molar-refractivity contribution in [2.75, 3.05) is 19.0 Å². The second-order valence-electron chi connectivity index (χ2n) is 10.9. The largest absolute Gasteiger partial charge is 0.507 e. The predicted octanol–water partition coefficient (Wildman–Crippen LogP) is 7.47. The Morgan fingerprint density at radius 3 is 1.96 bits per heavy atom. The number of carboxylic acids is 1. The molecule has 1 rings (SSSR count). The smallest absolute Gasteiger partial charge is 0.339 e. The lowest BCUT2D eigenvalue weighted by molar-refractivity contribution is -0.167. The molecule has 1 aromatic rings. The van der Waals surface area contributed by atoms with Crippen molar-refractivity contribution in [1.82, 2.24) is 5.32 Å². The first-order chi connectivity index (χ1) is 21.7. The van der Waals surface area contributed by atoms with Crippen molar-refractivity contribution < 1.29 is 34.1 Å². The van der Waals surface area contributed by atoms with Gasteiger partial charge in [-0.2, -0.15) is 0 Å². The summed E-state index contributed by atoms with van der Waals surface area (Å²) in [4.78, 5) is 37.1. The molecule has 2 atom stereocenters. The maximum Gasteiger partial charge on any atom is 0.339 e. The SMILES string of the molecule is CCC=CCC=CCC=CCC=CCC=CCCCCOC(OC)C(=O)NC(CC(C)C)C(=O)Nc1ccc(O)c(C(=O)O)c1. The second-order valence-corrected chi connectivity index (χ2v) is 10.9. The lowest BCUT2D eigenvalue weighted by Crippen LogP contribution is -2.49. The van der Waals surface area contributed by atoms with Gasteiger partial charge in [0.1, 0.15) is 17.4 Å². The first-order valence-electron chi connectivity index (χ1n) is 15.8. The van der Waals surface area contributed by atoms with Crippen LogP contribution in [0, 0.1) is 5.92 Å². The van der Waals surface area contributed by atoms with Gasteiger partial charge < -0.3 is 30.3 Å². The fraction of sp³-hybridized carbons (Fsp3) is 0.472. The van der Waals surface area contributed by atoms with Crippen molar-refractivity contribution in [3.63, 3.8) is 0 Å². The molecule has 248 valence electrons. The van der Waals surface area contributed by atoms with Crippen molar-refractivity contribution in [3.8, 4) is 5.75 Å². The highest BCUT2D eigenvalue weighted by molar-refractivity contribution is 5.99. The van der Waals surface area contributed by atoms with Crippen LogP contribution < -0.4 is 10.6 Å². The van der Waals surface area contributed by atoms with Gasteiger partial charge in [-0.25, -0.2) is 4.79 Å². The van der Waals surface area contributed by atoms with Crippen LogP contribution in [0.3, 0.4) is 0 Å². The molecule has 0 heterocycles. The Bertz CT molecular complexity index is 1170. The summed E-state index contributed by atoms with van der Waals surface area (Å²) >= 11 is 0. The van der Waals surface area contributed by atoms with Crippen molar-refractivity contribution >= 4 is 23.5 Å². The lowest BCUT2D eigenvalue weighted by Gasteiger charge is -2.23. The molecule has 4 N–H and O–H groups in total. The molecule has 0 saturated carbocycles. The Kier molecular flexibility index (Phi) is 21.2. The molecule has 9 heteroatoms. The van der Waals surface area contributed by atoms with Gasteiger partial charge in [0, 0.05) is 12.8 Å². The van der Waals surface area contributed by atoms with Gasteiger partial charge in [-0.3, -0.25) is 9.59 Å². The first-order valence-corrected chi connectivity index (χ1v) is 15.8.